The van der Waals surface area contributed by atoms with E-state index in [2.05, 4.69) is 25.6 Å². The molecule has 0 aromatic heterocycles. The Morgan fingerprint density at radius 3 is 3.00 bits per heavy atom. The van der Waals surface area contributed by atoms with Crippen molar-refractivity contribution in [1.29, 1.82) is 0 Å². The first-order valence-corrected chi connectivity index (χ1v) is 7.34. The average molecular weight is 276 g/mol. The first-order chi connectivity index (χ1) is 9.81. The van der Waals surface area contributed by atoms with Crippen LogP contribution in [0.3, 0.4) is 0 Å². The largest absolute Gasteiger partial charge is 0.499 e. The highest BCUT2D eigenvalue weighted by molar-refractivity contribution is 5.48. The molecule has 0 saturated heterocycles. The molecule has 0 aliphatic carbocycles. The zero-order valence-electron chi connectivity index (χ0n) is 12.5. The van der Waals surface area contributed by atoms with E-state index in [9.17, 15) is 0 Å². The molecule has 0 saturated carbocycles. The third-order valence-electron chi connectivity index (χ3n) is 3.69. The SMILES string of the molecule is C=COCC1OCCCc2ccc(CCC)c(OC)c21. The Morgan fingerprint density at radius 2 is 2.30 bits per heavy atom. The number of rotatable bonds is 6. The van der Waals surface area contributed by atoms with Gasteiger partial charge in [-0.05, 0) is 30.4 Å². The maximum Gasteiger partial charge on any atom is 0.128 e. The minimum Gasteiger partial charge on any atom is -0.499 e. The van der Waals surface area contributed by atoms with Gasteiger partial charge in [-0.25, -0.2) is 0 Å². The Morgan fingerprint density at radius 1 is 1.45 bits per heavy atom. The minimum atomic E-state index is -0.0720. The summed E-state index contributed by atoms with van der Waals surface area (Å²) >= 11 is 0. The molecular formula is C17H24O3. The molecule has 1 aliphatic heterocycles. The third kappa shape index (κ3) is 3.15. The summed E-state index contributed by atoms with van der Waals surface area (Å²) in [7, 11) is 1.74. The van der Waals surface area contributed by atoms with Crippen LogP contribution < -0.4 is 4.74 Å². The number of aryl methyl sites for hydroxylation is 2. The van der Waals surface area contributed by atoms with Gasteiger partial charge in [0.25, 0.3) is 0 Å². The summed E-state index contributed by atoms with van der Waals surface area (Å²) < 4.78 is 17.0. The molecule has 0 N–H and O–H groups in total. The fourth-order valence-corrected chi connectivity index (χ4v) is 2.82. The molecule has 0 fully saturated rings. The topological polar surface area (TPSA) is 27.7 Å². The Bertz CT molecular complexity index is 454. The van der Waals surface area contributed by atoms with Crippen molar-refractivity contribution in [3.63, 3.8) is 0 Å². The zero-order chi connectivity index (χ0) is 14.4. The van der Waals surface area contributed by atoms with Crippen LogP contribution in [0.4, 0.5) is 0 Å². The number of fused-ring (bicyclic) bond motifs is 1. The smallest absolute Gasteiger partial charge is 0.128 e. The number of methoxy groups -OCH3 is 1. The highest BCUT2D eigenvalue weighted by atomic mass is 16.5. The Labute approximate surface area is 121 Å². The molecule has 2 rings (SSSR count). The molecule has 0 bridgehead atoms. The minimum absolute atomic E-state index is 0.0720. The van der Waals surface area contributed by atoms with Crippen molar-refractivity contribution in [3.8, 4) is 5.75 Å². The molecule has 3 heteroatoms. The predicted octanol–water partition coefficient (Wildman–Crippen LogP) is 3.81. The standard InChI is InChI=1S/C17H24O3/c1-4-7-14-10-9-13-8-6-11-20-15(12-19-5-2)16(13)17(14)18-3/h5,9-10,15H,2,4,6-8,11-12H2,1,3H3. The molecular weight excluding hydrogens is 252 g/mol. The highest BCUT2D eigenvalue weighted by Gasteiger charge is 2.25. The van der Waals surface area contributed by atoms with Gasteiger partial charge in [-0.3, -0.25) is 0 Å². The fraction of sp³-hybridized carbons (Fsp3) is 0.529. The maximum atomic E-state index is 5.95. The van der Waals surface area contributed by atoms with Crippen LogP contribution >= 0.6 is 0 Å². The van der Waals surface area contributed by atoms with Crippen LogP contribution in [0, 0.1) is 0 Å². The van der Waals surface area contributed by atoms with Crippen molar-refractivity contribution in [2.45, 2.75) is 38.7 Å². The van der Waals surface area contributed by atoms with Crippen molar-refractivity contribution in [3.05, 3.63) is 41.7 Å². The quantitative estimate of drug-likeness (QED) is 0.739. The Kier molecular flexibility index (Phi) is 5.48. The van der Waals surface area contributed by atoms with Crippen molar-refractivity contribution in [2.24, 2.45) is 0 Å². The third-order valence-corrected chi connectivity index (χ3v) is 3.69. The van der Waals surface area contributed by atoms with Crippen LogP contribution in [0.25, 0.3) is 0 Å². The van der Waals surface area contributed by atoms with Gasteiger partial charge in [0.05, 0.1) is 13.4 Å². The molecule has 0 spiro atoms. The van der Waals surface area contributed by atoms with Gasteiger partial charge < -0.3 is 14.2 Å². The predicted molar refractivity (Wildman–Crippen MR) is 80.2 cm³/mol. The van der Waals surface area contributed by atoms with E-state index in [1.165, 1.54) is 17.4 Å². The summed E-state index contributed by atoms with van der Waals surface area (Å²) in [6.07, 6.45) is 5.58. The van der Waals surface area contributed by atoms with Gasteiger partial charge in [0.1, 0.15) is 18.5 Å². The van der Waals surface area contributed by atoms with Crippen molar-refractivity contribution in [2.75, 3.05) is 20.3 Å². The summed E-state index contributed by atoms with van der Waals surface area (Å²) in [6.45, 7) is 7.03. The van der Waals surface area contributed by atoms with E-state index in [0.717, 1.165) is 43.6 Å². The molecule has 1 atom stereocenters. The van der Waals surface area contributed by atoms with Crippen LogP contribution in [0.15, 0.2) is 25.0 Å². The van der Waals surface area contributed by atoms with Gasteiger partial charge in [0.15, 0.2) is 0 Å². The molecule has 0 radical (unpaired) electrons. The highest BCUT2D eigenvalue weighted by Crippen LogP contribution is 2.37. The number of benzene rings is 1. The zero-order valence-corrected chi connectivity index (χ0v) is 12.5. The van der Waals surface area contributed by atoms with E-state index in [0.29, 0.717) is 6.61 Å². The number of hydrogen-bond acceptors (Lipinski definition) is 3. The summed E-state index contributed by atoms with van der Waals surface area (Å²) in [5, 5.41) is 0. The lowest BCUT2D eigenvalue weighted by atomic mass is 9.94. The molecule has 20 heavy (non-hydrogen) atoms. The average Bonchev–Trinajstić information content (AvgIpc) is 2.67. The lowest BCUT2D eigenvalue weighted by Crippen LogP contribution is -2.13. The first kappa shape index (κ1) is 14.9. The molecule has 3 nitrogen and oxygen atoms in total. The Hall–Kier alpha value is -1.48. The van der Waals surface area contributed by atoms with Crippen molar-refractivity contribution >= 4 is 0 Å². The van der Waals surface area contributed by atoms with Crippen LogP contribution in [-0.2, 0) is 22.3 Å². The van der Waals surface area contributed by atoms with E-state index in [4.69, 9.17) is 14.2 Å². The molecule has 1 aromatic carbocycles. The lowest BCUT2D eigenvalue weighted by molar-refractivity contribution is 0.00900. The second kappa shape index (κ2) is 7.34. The van der Waals surface area contributed by atoms with E-state index in [-0.39, 0.29) is 6.10 Å². The van der Waals surface area contributed by atoms with Crippen LogP contribution in [0.5, 0.6) is 5.75 Å². The van der Waals surface area contributed by atoms with Crippen molar-refractivity contribution < 1.29 is 14.2 Å². The molecule has 1 aliphatic rings. The molecule has 1 heterocycles. The second-order valence-electron chi connectivity index (χ2n) is 5.04. The van der Waals surface area contributed by atoms with E-state index in [1.807, 2.05) is 0 Å². The fourth-order valence-electron chi connectivity index (χ4n) is 2.82. The van der Waals surface area contributed by atoms with Crippen molar-refractivity contribution in [1.82, 2.24) is 0 Å². The summed E-state index contributed by atoms with van der Waals surface area (Å²) in [5.41, 5.74) is 3.73. The summed E-state index contributed by atoms with van der Waals surface area (Å²) in [6, 6.07) is 4.41. The molecule has 1 unspecified atom stereocenters. The van der Waals surface area contributed by atoms with E-state index >= 15 is 0 Å². The summed E-state index contributed by atoms with van der Waals surface area (Å²) in [5.74, 6) is 0.976. The van der Waals surface area contributed by atoms with Gasteiger partial charge in [0.2, 0.25) is 0 Å². The van der Waals surface area contributed by atoms with Crippen LogP contribution in [0.2, 0.25) is 0 Å². The number of hydrogen-bond donors (Lipinski definition) is 0. The lowest BCUT2D eigenvalue weighted by Gasteiger charge is -2.22. The van der Waals surface area contributed by atoms with E-state index < -0.39 is 0 Å². The second-order valence-corrected chi connectivity index (χ2v) is 5.04. The Balaban J connectivity index is 2.43. The maximum absolute atomic E-state index is 5.95. The molecule has 1 aromatic rings. The van der Waals surface area contributed by atoms with Gasteiger partial charge in [-0.1, -0.05) is 32.1 Å². The molecule has 0 amide bonds. The van der Waals surface area contributed by atoms with Gasteiger partial charge >= 0.3 is 0 Å². The first-order valence-electron chi connectivity index (χ1n) is 7.34. The number of ether oxygens (including phenoxy) is 3. The monoisotopic (exact) mass is 276 g/mol. The summed E-state index contributed by atoms with van der Waals surface area (Å²) in [4.78, 5) is 0. The normalized spacial score (nSPS) is 18.0. The van der Waals surface area contributed by atoms with Crippen LogP contribution in [0.1, 0.15) is 42.6 Å². The van der Waals surface area contributed by atoms with Gasteiger partial charge in [-0.15, -0.1) is 0 Å². The van der Waals surface area contributed by atoms with Crippen LogP contribution in [-0.4, -0.2) is 20.3 Å². The van der Waals surface area contributed by atoms with E-state index in [1.54, 1.807) is 7.11 Å². The molecule has 110 valence electrons. The van der Waals surface area contributed by atoms with Gasteiger partial charge in [0, 0.05) is 12.2 Å². The van der Waals surface area contributed by atoms with Gasteiger partial charge in [-0.2, -0.15) is 0 Å².